The number of rotatable bonds is 4. The van der Waals surface area contributed by atoms with Crippen LogP contribution in [0.1, 0.15) is 38.2 Å². The Balaban J connectivity index is 2.21. The van der Waals surface area contributed by atoms with E-state index in [1.165, 1.54) is 0 Å². The van der Waals surface area contributed by atoms with Gasteiger partial charge in [0.15, 0.2) is 9.84 Å². The molecule has 0 amide bonds. The second kappa shape index (κ2) is 5.86. The van der Waals surface area contributed by atoms with Crippen molar-refractivity contribution in [3.8, 4) is 0 Å². The van der Waals surface area contributed by atoms with Crippen LogP contribution in [-0.2, 0) is 9.84 Å². The van der Waals surface area contributed by atoms with Gasteiger partial charge in [0.25, 0.3) is 0 Å². The lowest BCUT2D eigenvalue weighted by Crippen LogP contribution is -2.38. The van der Waals surface area contributed by atoms with Crippen LogP contribution in [-0.4, -0.2) is 25.9 Å². The zero-order valence-electron chi connectivity index (χ0n) is 12.3. The first-order valence-corrected chi connectivity index (χ1v) is 8.93. The number of sulfone groups is 1. The highest BCUT2D eigenvalue weighted by atomic mass is 32.2. The van der Waals surface area contributed by atoms with Crippen molar-refractivity contribution in [2.24, 2.45) is 11.3 Å². The lowest BCUT2D eigenvalue weighted by atomic mass is 9.69. The maximum atomic E-state index is 12.5. The van der Waals surface area contributed by atoms with E-state index in [4.69, 9.17) is 0 Å². The monoisotopic (exact) mass is 296 g/mol. The van der Waals surface area contributed by atoms with Gasteiger partial charge in [-0.15, -0.1) is 0 Å². The van der Waals surface area contributed by atoms with E-state index in [1.54, 1.807) is 12.1 Å². The van der Waals surface area contributed by atoms with Crippen LogP contribution in [0.2, 0.25) is 0 Å². The highest BCUT2D eigenvalue weighted by Gasteiger charge is 2.38. The molecule has 1 saturated carbocycles. The van der Waals surface area contributed by atoms with E-state index in [0.29, 0.717) is 4.90 Å². The van der Waals surface area contributed by atoms with Gasteiger partial charge in [0.2, 0.25) is 0 Å². The molecule has 1 aromatic carbocycles. The largest absolute Gasteiger partial charge is 0.396 e. The van der Waals surface area contributed by atoms with Gasteiger partial charge in [0.05, 0.1) is 10.6 Å². The van der Waals surface area contributed by atoms with Gasteiger partial charge in [-0.1, -0.05) is 37.5 Å². The number of benzene rings is 1. The molecule has 0 heterocycles. The van der Waals surface area contributed by atoms with Crippen LogP contribution in [0.4, 0.5) is 0 Å². The van der Waals surface area contributed by atoms with E-state index < -0.39 is 9.84 Å². The molecule has 2 rings (SSSR count). The van der Waals surface area contributed by atoms with Gasteiger partial charge < -0.3 is 5.11 Å². The van der Waals surface area contributed by atoms with Crippen LogP contribution in [0.25, 0.3) is 0 Å². The summed E-state index contributed by atoms with van der Waals surface area (Å²) in [7, 11) is -3.27. The van der Waals surface area contributed by atoms with E-state index in [9.17, 15) is 13.5 Å². The minimum Gasteiger partial charge on any atom is -0.396 e. The fourth-order valence-corrected chi connectivity index (χ4v) is 4.91. The summed E-state index contributed by atoms with van der Waals surface area (Å²) < 4.78 is 25.1. The first-order valence-electron chi connectivity index (χ1n) is 7.28. The molecule has 0 bridgehead atoms. The van der Waals surface area contributed by atoms with Crippen molar-refractivity contribution in [3.63, 3.8) is 0 Å². The fraction of sp³-hybridized carbons (Fsp3) is 0.625. The number of hydrogen-bond donors (Lipinski definition) is 1. The van der Waals surface area contributed by atoms with Crippen molar-refractivity contribution in [3.05, 3.63) is 29.8 Å². The number of aliphatic hydroxyl groups is 1. The number of aryl methyl sites for hydroxylation is 1. The van der Waals surface area contributed by atoms with Crippen molar-refractivity contribution in [2.45, 2.75) is 44.4 Å². The summed E-state index contributed by atoms with van der Waals surface area (Å²) in [6.45, 7) is 4.03. The lowest BCUT2D eigenvalue weighted by Gasteiger charge is -2.40. The van der Waals surface area contributed by atoms with E-state index >= 15 is 0 Å². The van der Waals surface area contributed by atoms with Gasteiger partial charge >= 0.3 is 0 Å². The number of aliphatic hydroxyl groups excluding tert-OH is 1. The molecule has 20 heavy (non-hydrogen) atoms. The SMILES string of the molecule is Cc1ccc(S(=O)(=O)C[C@H]2CCCC[C@@]2(C)CO)cc1. The lowest BCUT2D eigenvalue weighted by molar-refractivity contribution is 0.0511. The van der Waals surface area contributed by atoms with E-state index in [-0.39, 0.29) is 23.7 Å². The van der Waals surface area contributed by atoms with Crippen LogP contribution in [0, 0.1) is 18.3 Å². The predicted molar refractivity (Wildman–Crippen MR) is 80.4 cm³/mol. The summed E-state index contributed by atoms with van der Waals surface area (Å²) in [5.41, 5.74) is 0.803. The first-order chi connectivity index (χ1) is 9.37. The van der Waals surface area contributed by atoms with Crippen LogP contribution in [0.3, 0.4) is 0 Å². The van der Waals surface area contributed by atoms with Crippen LogP contribution < -0.4 is 0 Å². The molecule has 1 fully saturated rings. The molecule has 1 aliphatic carbocycles. The Morgan fingerprint density at radius 1 is 1.25 bits per heavy atom. The molecule has 1 N–H and O–H groups in total. The average Bonchev–Trinajstić information content (AvgIpc) is 2.42. The molecular weight excluding hydrogens is 272 g/mol. The summed E-state index contributed by atoms with van der Waals surface area (Å²) in [6.07, 6.45) is 3.95. The molecular formula is C16H24O3S. The van der Waals surface area contributed by atoms with Crippen LogP contribution in [0.5, 0.6) is 0 Å². The second-order valence-electron chi connectivity index (χ2n) is 6.35. The van der Waals surface area contributed by atoms with Crippen molar-refractivity contribution in [1.29, 1.82) is 0 Å². The van der Waals surface area contributed by atoms with Gasteiger partial charge in [-0.3, -0.25) is 0 Å². The van der Waals surface area contributed by atoms with Gasteiger partial charge in [-0.25, -0.2) is 8.42 Å². The first kappa shape index (κ1) is 15.5. The molecule has 1 aliphatic rings. The molecule has 0 radical (unpaired) electrons. The van der Waals surface area contributed by atoms with Crippen molar-refractivity contribution < 1.29 is 13.5 Å². The van der Waals surface area contributed by atoms with E-state index in [2.05, 4.69) is 0 Å². The van der Waals surface area contributed by atoms with Gasteiger partial charge in [-0.2, -0.15) is 0 Å². The third-order valence-electron chi connectivity index (χ3n) is 4.70. The van der Waals surface area contributed by atoms with Gasteiger partial charge in [0.1, 0.15) is 0 Å². The average molecular weight is 296 g/mol. The Hall–Kier alpha value is -0.870. The third-order valence-corrected chi connectivity index (χ3v) is 6.53. The highest BCUT2D eigenvalue weighted by molar-refractivity contribution is 7.91. The molecule has 2 atom stereocenters. The highest BCUT2D eigenvalue weighted by Crippen LogP contribution is 2.41. The molecule has 0 unspecified atom stereocenters. The molecule has 0 aliphatic heterocycles. The van der Waals surface area contributed by atoms with E-state index in [0.717, 1.165) is 31.2 Å². The Kier molecular flexibility index (Phi) is 4.55. The van der Waals surface area contributed by atoms with Gasteiger partial charge in [-0.05, 0) is 43.2 Å². The van der Waals surface area contributed by atoms with Crippen LogP contribution >= 0.6 is 0 Å². The maximum absolute atomic E-state index is 12.5. The number of hydrogen-bond acceptors (Lipinski definition) is 3. The standard InChI is InChI=1S/C16H24O3S/c1-13-6-8-15(9-7-13)20(18,19)11-14-5-3-4-10-16(14,2)12-17/h6-9,14,17H,3-5,10-12H2,1-2H3/t14-,16+/m1/s1. The van der Waals surface area contributed by atoms with E-state index in [1.807, 2.05) is 26.0 Å². The summed E-state index contributed by atoms with van der Waals surface area (Å²) in [5.74, 6) is 0.195. The Labute approximate surface area is 121 Å². The predicted octanol–water partition coefficient (Wildman–Crippen LogP) is 2.96. The van der Waals surface area contributed by atoms with Crippen LogP contribution in [0.15, 0.2) is 29.2 Å². The van der Waals surface area contributed by atoms with Crippen molar-refractivity contribution >= 4 is 9.84 Å². The Bertz CT molecular complexity index is 548. The smallest absolute Gasteiger partial charge is 0.178 e. The summed E-state index contributed by atoms with van der Waals surface area (Å²) in [4.78, 5) is 0.397. The summed E-state index contributed by atoms with van der Waals surface area (Å²) >= 11 is 0. The topological polar surface area (TPSA) is 54.4 Å². The molecule has 112 valence electrons. The fourth-order valence-electron chi connectivity index (χ4n) is 3.07. The maximum Gasteiger partial charge on any atom is 0.178 e. The van der Waals surface area contributed by atoms with Crippen molar-refractivity contribution in [2.75, 3.05) is 12.4 Å². The Morgan fingerprint density at radius 3 is 2.50 bits per heavy atom. The Morgan fingerprint density at radius 2 is 1.90 bits per heavy atom. The second-order valence-corrected chi connectivity index (χ2v) is 8.38. The molecule has 0 aromatic heterocycles. The molecule has 0 saturated heterocycles. The minimum absolute atomic E-state index is 0.0487. The molecule has 4 heteroatoms. The molecule has 0 spiro atoms. The summed E-state index contributed by atoms with van der Waals surface area (Å²) in [5, 5.41) is 9.63. The molecule has 3 nitrogen and oxygen atoms in total. The minimum atomic E-state index is -3.27. The molecule has 1 aromatic rings. The van der Waals surface area contributed by atoms with Gasteiger partial charge in [0, 0.05) is 6.61 Å². The summed E-state index contributed by atoms with van der Waals surface area (Å²) in [6, 6.07) is 7.03. The quantitative estimate of drug-likeness (QED) is 0.929. The zero-order chi connectivity index (χ0) is 14.8. The third kappa shape index (κ3) is 3.23. The normalized spacial score (nSPS) is 27.4. The van der Waals surface area contributed by atoms with Crippen molar-refractivity contribution in [1.82, 2.24) is 0 Å². The zero-order valence-corrected chi connectivity index (χ0v) is 13.1.